The second-order valence-electron chi connectivity index (χ2n) is 7.27. The van der Waals surface area contributed by atoms with Crippen molar-refractivity contribution in [2.75, 3.05) is 13.7 Å². The Balaban J connectivity index is 1.56. The summed E-state index contributed by atoms with van der Waals surface area (Å²) in [6, 6.07) is 20.5. The number of hydrogen-bond acceptors (Lipinski definition) is 6. The number of carbonyl (C=O) groups excluding carboxylic acids is 1. The molecule has 0 unspecified atom stereocenters. The van der Waals surface area contributed by atoms with Gasteiger partial charge in [-0.05, 0) is 54.8 Å². The van der Waals surface area contributed by atoms with Crippen LogP contribution < -0.4 is 19.6 Å². The molecule has 3 aromatic rings. The Morgan fingerprint density at radius 2 is 1.79 bits per heavy atom. The maximum absolute atomic E-state index is 12.1. The number of ether oxygens (including phenoxy) is 3. The van der Waals surface area contributed by atoms with Gasteiger partial charge in [0.15, 0.2) is 18.1 Å². The lowest BCUT2D eigenvalue weighted by atomic mass is 10.1. The van der Waals surface area contributed by atoms with Gasteiger partial charge in [-0.15, -0.1) is 0 Å². The van der Waals surface area contributed by atoms with E-state index in [1.807, 2.05) is 50.2 Å². The van der Waals surface area contributed by atoms with Crippen LogP contribution in [-0.4, -0.2) is 25.8 Å². The highest BCUT2D eigenvalue weighted by molar-refractivity contribution is 5.83. The minimum atomic E-state index is -0.364. The molecule has 3 aromatic carbocycles. The molecule has 0 heterocycles. The Kier molecular flexibility index (Phi) is 8.03. The Morgan fingerprint density at radius 3 is 2.52 bits per heavy atom. The molecule has 0 spiro atoms. The van der Waals surface area contributed by atoms with Crippen molar-refractivity contribution in [3.8, 4) is 23.3 Å². The van der Waals surface area contributed by atoms with Gasteiger partial charge in [-0.2, -0.15) is 10.4 Å². The van der Waals surface area contributed by atoms with Crippen molar-refractivity contribution in [2.24, 2.45) is 5.10 Å². The van der Waals surface area contributed by atoms with E-state index >= 15 is 0 Å². The summed E-state index contributed by atoms with van der Waals surface area (Å²) in [5, 5.41) is 13.2. The van der Waals surface area contributed by atoms with Crippen molar-refractivity contribution in [2.45, 2.75) is 20.5 Å². The average molecular weight is 444 g/mol. The number of hydrogen-bond donors (Lipinski definition) is 1. The van der Waals surface area contributed by atoms with Gasteiger partial charge >= 0.3 is 0 Å². The number of benzene rings is 3. The van der Waals surface area contributed by atoms with Crippen molar-refractivity contribution in [3.05, 3.63) is 88.5 Å². The molecule has 168 valence electrons. The van der Waals surface area contributed by atoms with E-state index in [2.05, 4.69) is 16.6 Å². The van der Waals surface area contributed by atoms with Gasteiger partial charge in [0.1, 0.15) is 12.4 Å². The second-order valence-corrected chi connectivity index (χ2v) is 7.27. The highest BCUT2D eigenvalue weighted by Gasteiger charge is 2.09. The third-order valence-electron chi connectivity index (χ3n) is 4.87. The number of para-hydroxylation sites is 1. The summed E-state index contributed by atoms with van der Waals surface area (Å²) in [5.74, 6) is 1.39. The van der Waals surface area contributed by atoms with E-state index in [0.717, 1.165) is 16.7 Å². The number of rotatable bonds is 9. The van der Waals surface area contributed by atoms with E-state index in [1.165, 1.54) is 6.21 Å². The molecule has 0 atom stereocenters. The SMILES string of the molecule is COc1cc(/C=N\NC(=O)COc2c(C)cccc2C)ccc1OCc1ccccc1C#N. The molecule has 0 saturated carbocycles. The molecular weight excluding hydrogens is 418 g/mol. The highest BCUT2D eigenvalue weighted by Crippen LogP contribution is 2.28. The Bertz CT molecular complexity index is 1180. The summed E-state index contributed by atoms with van der Waals surface area (Å²) in [6.07, 6.45) is 1.51. The number of methoxy groups -OCH3 is 1. The van der Waals surface area contributed by atoms with Crippen LogP contribution in [0, 0.1) is 25.2 Å². The van der Waals surface area contributed by atoms with Crippen molar-refractivity contribution >= 4 is 12.1 Å². The molecule has 0 aromatic heterocycles. The maximum atomic E-state index is 12.1. The van der Waals surface area contributed by atoms with E-state index in [4.69, 9.17) is 14.2 Å². The van der Waals surface area contributed by atoms with Crippen molar-refractivity contribution in [1.29, 1.82) is 5.26 Å². The molecule has 0 aliphatic rings. The number of aryl methyl sites for hydroxylation is 2. The van der Waals surface area contributed by atoms with Gasteiger partial charge in [0.2, 0.25) is 0 Å². The Morgan fingerprint density at radius 1 is 1.03 bits per heavy atom. The van der Waals surface area contributed by atoms with Crippen LogP contribution in [0.15, 0.2) is 65.8 Å². The molecule has 0 radical (unpaired) electrons. The maximum Gasteiger partial charge on any atom is 0.277 e. The fraction of sp³-hybridized carbons (Fsp3) is 0.192. The molecule has 0 saturated heterocycles. The quantitative estimate of drug-likeness (QED) is 0.393. The summed E-state index contributed by atoms with van der Waals surface area (Å²) >= 11 is 0. The van der Waals surface area contributed by atoms with Crippen LogP contribution in [0.4, 0.5) is 0 Å². The molecule has 0 fully saturated rings. The second kappa shape index (κ2) is 11.3. The molecule has 7 heteroatoms. The van der Waals surface area contributed by atoms with Gasteiger partial charge in [0.05, 0.1) is 25.0 Å². The molecule has 7 nitrogen and oxygen atoms in total. The summed E-state index contributed by atoms with van der Waals surface area (Å²) < 4.78 is 16.9. The van der Waals surface area contributed by atoms with Crippen LogP contribution >= 0.6 is 0 Å². The summed E-state index contributed by atoms with van der Waals surface area (Å²) in [4.78, 5) is 12.1. The largest absolute Gasteiger partial charge is 0.493 e. The smallest absolute Gasteiger partial charge is 0.277 e. The lowest BCUT2D eigenvalue weighted by molar-refractivity contribution is -0.123. The molecule has 0 bridgehead atoms. The predicted molar refractivity (Wildman–Crippen MR) is 126 cm³/mol. The Labute approximate surface area is 193 Å². The van der Waals surface area contributed by atoms with E-state index in [1.54, 1.807) is 31.4 Å². The average Bonchev–Trinajstić information content (AvgIpc) is 2.83. The van der Waals surface area contributed by atoms with Gasteiger partial charge in [0.25, 0.3) is 5.91 Å². The van der Waals surface area contributed by atoms with Gasteiger partial charge in [0, 0.05) is 5.56 Å². The van der Waals surface area contributed by atoms with E-state index in [-0.39, 0.29) is 19.1 Å². The zero-order valence-electron chi connectivity index (χ0n) is 18.8. The lowest BCUT2D eigenvalue weighted by Gasteiger charge is -2.12. The van der Waals surface area contributed by atoms with Crippen LogP contribution in [0.5, 0.6) is 17.2 Å². The summed E-state index contributed by atoms with van der Waals surface area (Å²) in [5.41, 5.74) is 6.47. The molecule has 1 N–H and O–H groups in total. The summed E-state index contributed by atoms with van der Waals surface area (Å²) in [6.45, 7) is 3.97. The van der Waals surface area contributed by atoms with Gasteiger partial charge < -0.3 is 14.2 Å². The van der Waals surface area contributed by atoms with Crippen LogP contribution in [0.25, 0.3) is 0 Å². The van der Waals surface area contributed by atoms with E-state index < -0.39 is 0 Å². The van der Waals surface area contributed by atoms with Crippen LogP contribution in [-0.2, 0) is 11.4 Å². The van der Waals surface area contributed by atoms with E-state index in [9.17, 15) is 10.1 Å². The van der Waals surface area contributed by atoms with Gasteiger partial charge in [-0.25, -0.2) is 5.43 Å². The number of nitrogens with one attached hydrogen (secondary N) is 1. The third kappa shape index (κ3) is 6.34. The molecule has 0 aliphatic heterocycles. The minimum Gasteiger partial charge on any atom is -0.493 e. The molecule has 3 rings (SSSR count). The first-order valence-electron chi connectivity index (χ1n) is 10.3. The van der Waals surface area contributed by atoms with Gasteiger partial charge in [-0.3, -0.25) is 4.79 Å². The molecule has 1 amide bonds. The number of nitriles is 1. The fourth-order valence-corrected chi connectivity index (χ4v) is 3.17. The summed E-state index contributed by atoms with van der Waals surface area (Å²) in [7, 11) is 1.54. The zero-order chi connectivity index (χ0) is 23.6. The van der Waals surface area contributed by atoms with Crippen LogP contribution in [0.3, 0.4) is 0 Å². The van der Waals surface area contributed by atoms with Crippen LogP contribution in [0.2, 0.25) is 0 Å². The molecular formula is C26H25N3O4. The van der Waals surface area contributed by atoms with Crippen molar-refractivity contribution in [3.63, 3.8) is 0 Å². The topological polar surface area (TPSA) is 92.9 Å². The Hall–Kier alpha value is -4.31. The molecule has 33 heavy (non-hydrogen) atoms. The predicted octanol–water partition coefficient (Wildman–Crippen LogP) is 4.29. The number of nitrogens with zero attached hydrogens (tertiary/aromatic N) is 2. The standard InChI is InChI=1S/C26H25N3O4/c1-18-7-6-8-19(2)26(18)33-17-25(30)29-28-15-20-11-12-23(24(13-20)31-3)32-16-22-10-5-4-9-21(22)14-27/h4-13,15H,16-17H2,1-3H3,(H,29,30)/b28-15-. The van der Waals surface area contributed by atoms with Crippen molar-refractivity contribution in [1.82, 2.24) is 5.43 Å². The first-order valence-corrected chi connectivity index (χ1v) is 10.3. The number of carbonyl (C=O) groups is 1. The normalized spacial score (nSPS) is 10.5. The fourth-order valence-electron chi connectivity index (χ4n) is 3.17. The zero-order valence-corrected chi connectivity index (χ0v) is 18.8. The van der Waals surface area contributed by atoms with Crippen LogP contribution in [0.1, 0.15) is 27.8 Å². The molecule has 0 aliphatic carbocycles. The van der Waals surface area contributed by atoms with E-state index in [0.29, 0.717) is 28.4 Å². The third-order valence-corrected chi connectivity index (χ3v) is 4.87. The first-order chi connectivity index (χ1) is 16.0. The monoisotopic (exact) mass is 443 g/mol. The van der Waals surface area contributed by atoms with Gasteiger partial charge in [-0.1, -0.05) is 36.4 Å². The van der Waals surface area contributed by atoms with Crippen molar-refractivity contribution < 1.29 is 19.0 Å². The minimum absolute atomic E-state index is 0.136. The number of amides is 1. The lowest BCUT2D eigenvalue weighted by Crippen LogP contribution is -2.25. The number of hydrazone groups is 1. The first kappa shape index (κ1) is 23.4. The highest BCUT2D eigenvalue weighted by atomic mass is 16.5.